The van der Waals surface area contributed by atoms with E-state index in [4.69, 9.17) is 14.2 Å². The number of esters is 2. The summed E-state index contributed by atoms with van der Waals surface area (Å²) in [5, 5.41) is 0. The van der Waals surface area contributed by atoms with Crippen molar-refractivity contribution in [3.8, 4) is 0 Å². The highest BCUT2D eigenvalue weighted by Gasteiger charge is 2.17. The van der Waals surface area contributed by atoms with E-state index in [9.17, 15) is 9.59 Å². The molecule has 0 aromatic heterocycles. The van der Waals surface area contributed by atoms with Crippen LogP contribution in [0.15, 0.2) is 109 Å². The number of ether oxygens (including phenoxy) is 3. The molecule has 0 amide bonds. The molecular formula is C55H90O5. The molecule has 60 heavy (non-hydrogen) atoms. The molecule has 0 saturated heterocycles. The van der Waals surface area contributed by atoms with Gasteiger partial charge in [0.05, 0.1) is 6.61 Å². The summed E-state index contributed by atoms with van der Waals surface area (Å²) in [6, 6.07) is 0. The van der Waals surface area contributed by atoms with Gasteiger partial charge in [0.15, 0.2) is 6.10 Å². The van der Waals surface area contributed by atoms with E-state index in [-0.39, 0.29) is 25.2 Å². The Balaban J connectivity index is 4.21. The third-order valence-corrected chi connectivity index (χ3v) is 9.80. The van der Waals surface area contributed by atoms with Crippen molar-refractivity contribution < 1.29 is 23.8 Å². The van der Waals surface area contributed by atoms with Crippen molar-refractivity contribution in [3.05, 3.63) is 109 Å². The number of hydrogen-bond donors (Lipinski definition) is 0. The summed E-state index contributed by atoms with van der Waals surface area (Å²) in [5.74, 6) is -0.461. The third-order valence-electron chi connectivity index (χ3n) is 9.80. The molecule has 340 valence electrons. The van der Waals surface area contributed by atoms with E-state index in [2.05, 4.69) is 130 Å². The van der Waals surface area contributed by atoms with Gasteiger partial charge in [0.1, 0.15) is 6.61 Å². The molecule has 0 saturated carbocycles. The molecule has 0 aliphatic carbocycles. The van der Waals surface area contributed by atoms with Gasteiger partial charge in [0.25, 0.3) is 0 Å². The van der Waals surface area contributed by atoms with Gasteiger partial charge in [0, 0.05) is 19.4 Å². The molecular weight excluding hydrogens is 741 g/mol. The Labute approximate surface area is 370 Å². The van der Waals surface area contributed by atoms with E-state index in [1.165, 1.54) is 44.9 Å². The number of carbonyl (C=O) groups is 2. The van der Waals surface area contributed by atoms with Crippen LogP contribution >= 0.6 is 0 Å². The fourth-order valence-corrected chi connectivity index (χ4v) is 6.23. The Kier molecular flexibility index (Phi) is 47.1. The predicted molar refractivity (Wildman–Crippen MR) is 260 cm³/mol. The van der Waals surface area contributed by atoms with Gasteiger partial charge in [-0.15, -0.1) is 0 Å². The minimum Gasteiger partial charge on any atom is -0.462 e. The lowest BCUT2D eigenvalue weighted by Crippen LogP contribution is -2.30. The minimum absolute atomic E-state index is 0.0559. The standard InChI is InChI=1S/C55H90O5/c1-4-7-10-13-16-18-20-22-24-26-28-30-32-34-36-38-40-42-45-48-54(56)59-52-53(51-58-50-47-44-15-12-9-6-3)60-55(57)49-46-43-41-39-37-35-33-31-29-27-25-23-21-19-17-14-11-8-5-2/h7-8,10-11,16-19,22-25,28-31,34,36,53H,4-6,9,12-15,20-21,26-27,32-33,35,37-52H2,1-3H3/b10-7-,11-8-,18-16-,19-17-,24-22-,25-23-,30-28-,31-29-,36-34-. The van der Waals surface area contributed by atoms with Crippen molar-refractivity contribution in [1.82, 2.24) is 0 Å². The zero-order chi connectivity index (χ0) is 43.5. The van der Waals surface area contributed by atoms with Crippen LogP contribution in [0.25, 0.3) is 0 Å². The highest BCUT2D eigenvalue weighted by atomic mass is 16.6. The van der Waals surface area contributed by atoms with Crippen LogP contribution in [0.3, 0.4) is 0 Å². The highest BCUT2D eigenvalue weighted by molar-refractivity contribution is 5.70. The lowest BCUT2D eigenvalue weighted by molar-refractivity contribution is -0.163. The normalized spacial score (nSPS) is 13.2. The van der Waals surface area contributed by atoms with Gasteiger partial charge < -0.3 is 14.2 Å². The molecule has 0 aliphatic heterocycles. The van der Waals surface area contributed by atoms with Crippen molar-refractivity contribution in [2.24, 2.45) is 0 Å². The minimum atomic E-state index is -0.560. The zero-order valence-corrected chi connectivity index (χ0v) is 38.9. The lowest BCUT2D eigenvalue weighted by atomic mass is 10.1. The summed E-state index contributed by atoms with van der Waals surface area (Å²) in [7, 11) is 0. The molecule has 0 aliphatic rings. The van der Waals surface area contributed by atoms with Gasteiger partial charge in [0.2, 0.25) is 0 Å². The molecule has 0 radical (unpaired) electrons. The maximum Gasteiger partial charge on any atom is 0.306 e. The molecule has 1 unspecified atom stereocenters. The average molecular weight is 831 g/mol. The summed E-state index contributed by atoms with van der Waals surface area (Å²) in [6.07, 6.45) is 68.2. The average Bonchev–Trinajstić information content (AvgIpc) is 3.25. The van der Waals surface area contributed by atoms with E-state index in [1.807, 2.05) is 0 Å². The molecule has 0 N–H and O–H groups in total. The van der Waals surface area contributed by atoms with Gasteiger partial charge in [-0.1, -0.05) is 194 Å². The maximum atomic E-state index is 12.7. The quantitative estimate of drug-likeness (QED) is 0.0348. The van der Waals surface area contributed by atoms with Crippen LogP contribution in [0.4, 0.5) is 0 Å². The predicted octanol–water partition coefficient (Wildman–Crippen LogP) is 16.4. The molecule has 5 heteroatoms. The van der Waals surface area contributed by atoms with E-state index in [1.54, 1.807) is 0 Å². The van der Waals surface area contributed by atoms with Gasteiger partial charge >= 0.3 is 11.9 Å². The number of carbonyl (C=O) groups excluding carboxylic acids is 2. The van der Waals surface area contributed by atoms with Gasteiger partial charge in [-0.05, 0) is 103 Å². The fourth-order valence-electron chi connectivity index (χ4n) is 6.23. The molecule has 0 fully saturated rings. The molecule has 0 heterocycles. The number of allylic oxidation sites excluding steroid dienone is 18. The number of unbranched alkanes of at least 4 members (excludes halogenated alkanes) is 14. The van der Waals surface area contributed by atoms with Crippen LogP contribution in [0.5, 0.6) is 0 Å². The van der Waals surface area contributed by atoms with E-state index < -0.39 is 6.10 Å². The van der Waals surface area contributed by atoms with Crippen LogP contribution in [0.2, 0.25) is 0 Å². The lowest BCUT2D eigenvalue weighted by Gasteiger charge is -2.18. The van der Waals surface area contributed by atoms with Gasteiger partial charge in [-0.25, -0.2) is 0 Å². The first-order valence-electron chi connectivity index (χ1n) is 24.4. The van der Waals surface area contributed by atoms with Crippen molar-refractivity contribution in [3.63, 3.8) is 0 Å². The van der Waals surface area contributed by atoms with Crippen molar-refractivity contribution in [2.45, 2.75) is 207 Å². The molecule has 0 bridgehead atoms. The fraction of sp³-hybridized carbons (Fsp3) is 0.636. The Morgan fingerprint density at radius 3 is 1.22 bits per heavy atom. The SMILES string of the molecule is CC/C=C\C/C=C\C/C=C\C/C=C\C/C=C\CCCCCC(=O)OCC(COCCCCCCCC)OC(=O)CCCCCCCC/C=C\C/C=C\C/C=C\C/C=C\CC. The molecule has 1 atom stereocenters. The van der Waals surface area contributed by atoms with Crippen LogP contribution in [-0.4, -0.2) is 37.9 Å². The molecule has 0 spiro atoms. The van der Waals surface area contributed by atoms with Gasteiger partial charge in [-0.2, -0.15) is 0 Å². The second kappa shape index (κ2) is 49.9. The number of hydrogen-bond acceptors (Lipinski definition) is 5. The van der Waals surface area contributed by atoms with Crippen molar-refractivity contribution in [2.75, 3.05) is 19.8 Å². The van der Waals surface area contributed by atoms with E-state index in [0.717, 1.165) is 122 Å². The highest BCUT2D eigenvalue weighted by Crippen LogP contribution is 2.12. The maximum absolute atomic E-state index is 12.7. The van der Waals surface area contributed by atoms with Gasteiger partial charge in [-0.3, -0.25) is 9.59 Å². The second-order valence-electron chi connectivity index (χ2n) is 15.6. The molecule has 0 aromatic rings. The first-order valence-corrected chi connectivity index (χ1v) is 24.4. The molecule has 0 aromatic carbocycles. The van der Waals surface area contributed by atoms with Crippen molar-refractivity contribution in [1.29, 1.82) is 0 Å². The summed E-state index contributed by atoms with van der Waals surface area (Å²) in [4.78, 5) is 25.3. The zero-order valence-electron chi connectivity index (χ0n) is 38.9. The monoisotopic (exact) mass is 831 g/mol. The van der Waals surface area contributed by atoms with Crippen LogP contribution in [-0.2, 0) is 23.8 Å². The molecule has 5 nitrogen and oxygen atoms in total. The summed E-state index contributed by atoms with van der Waals surface area (Å²) >= 11 is 0. The first kappa shape index (κ1) is 56.6. The Bertz CT molecular complexity index is 1210. The van der Waals surface area contributed by atoms with Crippen molar-refractivity contribution >= 4 is 11.9 Å². The van der Waals surface area contributed by atoms with Crippen LogP contribution in [0.1, 0.15) is 201 Å². The van der Waals surface area contributed by atoms with E-state index >= 15 is 0 Å². The van der Waals surface area contributed by atoms with E-state index in [0.29, 0.717) is 19.4 Å². The molecule has 0 rings (SSSR count). The third kappa shape index (κ3) is 47.2. The second-order valence-corrected chi connectivity index (χ2v) is 15.6. The Morgan fingerprint density at radius 2 is 0.750 bits per heavy atom. The topological polar surface area (TPSA) is 61.8 Å². The Morgan fingerprint density at radius 1 is 0.383 bits per heavy atom. The largest absolute Gasteiger partial charge is 0.462 e. The van der Waals surface area contributed by atoms with Crippen LogP contribution < -0.4 is 0 Å². The number of rotatable bonds is 43. The summed E-state index contributed by atoms with van der Waals surface area (Å²) in [5.41, 5.74) is 0. The Hall–Kier alpha value is -3.44. The summed E-state index contributed by atoms with van der Waals surface area (Å²) < 4.78 is 17.2. The smallest absolute Gasteiger partial charge is 0.306 e. The first-order chi connectivity index (χ1) is 29.6. The van der Waals surface area contributed by atoms with Crippen LogP contribution in [0, 0.1) is 0 Å². The summed E-state index contributed by atoms with van der Waals surface area (Å²) in [6.45, 7) is 7.49.